The van der Waals surface area contributed by atoms with Crippen LogP contribution in [0.4, 0.5) is 5.95 Å². The van der Waals surface area contributed by atoms with Crippen LogP contribution >= 0.6 is 7.60 Å². The number of nitrogen functional groups attached to an aromatic ring is 1. The zero-order valence-electron chi connectivity index (χ0n) is 13.2. The summed E-state index contributed by atoms with van der Waals surface area (Å²) in [6.45, 7) is 4.34. The average molecular weight is 344 g/mol. The first-order valence-corrected chi connectivity index (χ1v) is 9.04. The summed E-state index contributed by atoms with van der Waals surface area (Å²) in [5.41, 5.74) is 6.41. The fourth-order valence-electron chi connectivity index (χ4n) is 2.12. The molecule has 0 aliphatic rings. The van der Waals surface area contributed by atoms with Crippen LogP contribution < -0.4 is 11.3 Å². The second-order valence-electron chi connectivity index (χ2n) is 4.69. The fourth-order valence-corrected chi connectivity index (χ4v) is 3.48. The second-order valence-corrected chi connectivity index (χ2v) is 6.69. The van der Waals surface area contributed by atoms with Crippen LogP contribution in [0, 0.1) is 0 Å². The van der Waals surface area contributed by atoms with E-state index in [4.69, 9.17) is 19.5 Å². The number of aromatic amines is 1. The first kappa shape index (κ1) is 17.7. The highest BCUT2D eigenvalue weighted by atomic mass is 31.2. The Morgan fingerprint density at radius 1 is 1.30 bits per heavy atom. The van der Waals surface area contributed by atoms with Crippen molar-refractivity contribution < 1.29 is 18.3 Å². The molecule has 0 radical (unpaired) electrons. The lowest BCUT2D eigenvalue weighted by Gasteiger charge is -2.16. The lowest BCUT2D eigenvalue weighted by Crippen LogP contribution is -2.16. The number of nitrogens with two attached hydrogens (primary N) is 1. The predicted molar refractivity (Wildman–Crippen MR) is 85.6 cm³/mol. The highest BCUT2D eigenvalue weighted by Crippen LogP contribution is 2.47. The molecule has 0 saturated heterocycles. The van der Waals surface area contributed by atoms with Crippen molar-refractivity contribution in [2.75, 3.05) is 31.9 Å². The summed E-state index contributed by atoms with van der Waals surface area (Å²) >= 11 is 0. The van der Waals surface area contributed by atoms with Crippen LogP contribution in [0.2, 0.25) is 0 Å². The quantitative estimate of drug-likeness (QED) is 0.521. The van der Waals surface area contributed by atoms with Crippen molar-refractivity contribution in [1.29, 1.82) is 0 Å². The molecule has 23 heavy (non-hydrogen) atoms. The van der Waals surface area contributed by atoms with Gasteiger partial charge in [-0.3, -0.25) is 14.3 Å². The minimum Gasteiger partial charge on any atom is -0.368 e. The van der Waals surface area contributed by atoms with Gasteiger partial charge in [0.15, 0.2) is 0 Å². The van der Waals surface area contributed by atoms with Gasteiger partial charge in [-0.1, -0.05) is 0 Å². The Bertz CT molecular complexity index is 746. The number of rotatable bonds is 9. The summed E-state index contributed by atoms with van der Waals surface area (Å²) in [6, 6.07) is 3.43. The molecule has 0 amide bonds. The molecule has 2 aromatic rings. The van der Waals surface area contributed by atoms with E-state index < -0.39 is 7.60 Å². The van der Waals surface area contributed by atoms with Crippen molar-refractivity contribution in [1.82, 2.24) is 14.6 Å². The summed E-state index contributed by atoms with van der Waals surface area (Å²) in [4.78, 5) is 14.2. The van der Waals surface area contributed by atoms with E-state index in [1.54, 1.807) is 26.0 Å². The molecule has 0 aromatic carbocycles. The molecule has 2 rings (SSSR count). The molecule has 128 valence electrons. The van der Waals surface area contributed by atoms with Crippen LogP contribution in [0.5, 0.6) is 0 Å². The Morgan fingerprint density at radius 2 is 2.00 bits per heavy atom. The Kier molecular flexibility index (Phi) is 5.95. The van der Waals surface area contributed by atoms with Gasteiger partial charge in [-0.25, -0.2) is 4.52 Å². The Morgan fingerprint density at radius 3 is 2.65 bits per heavy atom. The molecule has 9 nitrogen and oxygen atoms in total. The minimum atomic E-state index is -3.21. The first-order valence-electron chi connectivity index (χ1n) is 7.31. The molecule has 2 aromatic heterocycles. The largest absolute Gasteiger partial charge is 0.368 e. The van der Waals surface area contributed by atoms with Gasteiger partial charge < -0.3 is 19.5 Å². The van der Waals surface area contributed by atoms with E-state index in [0.29, 0.717) is 11.9 Å². The van der Waals surface area contributed by atoms with Gasteiger partial charge >= 0.3 is 7.60 Å². The van der Waals surface area contributed by atoms with Crippen LogP contribution in [0.1, 0.15) is 19.5 Å². The Hall–Kier alpha value is -1.67. The summed E-state index contributed by atoms with van der Waals surface area (Å²) in [6.07, 6.45) is 0.358. The molecular weight excluding hydrogens is 323 g/mol. The molecule has 10 heteroatoms. The third-order valence-electron chi connectivity index (χ3n) is 3.02. The van der Waals surface area contributed by atoms with Gasteiger partial charge in [0, 0.05) is 12.1 Å². The normalized spacial score (nSPS) is 12.1. The van der Waals surface area contributed by atoms with E-state index >= 15 is 0 Å². The molecule has 0 aliphatic heterocycles. The van der Waals surface area contributed by atoms with E-state index in [1.165, 1.54) is 4.52 Å². The number of fused-ring (bicyclic) bond motifs is 1. The van der Waals surface area contributed by atoms with E-state index in [1.807, 2.05) is 0 Å². The molecule has 0 atom stereocenters. The van der Waals surface area contributed by atoms with Gasteiger partial charge in [0.25, 0.3) is 5.56 Å². The van der Waals surface area contributed by atoms with Crippen LogP contribution in [0.25, 0.3) is 5.52 Å². The van der Waals surface area contributed by atoms with Gasteiger partial charge in [0.05, 0.1) is 19.8 Å². The molecule has 0 spiro atoms. The van der Waals surface area contributed by atoms with Gasteiger partial charge in [0.2, 0.25) is 5.95 Å². The molecule has 0 aliphatic carbocycles. The van der Waals surface area contributed by atoms with E-state index in [2.05, 4.69) is 10.1 Å². The van der Waals surface area contributed by atoms with Crippen LogP contribution in [0.15, 0.2) is 16.9 Å². The maximum atomic E-state index is 12.2. The second kappa shape index (κ2) is 7.74. The molecule has 3 N–H and O–H groups in total. The number of H-pyrrole nitrogens is 1. The molecule has 2 heterocycles. The maximum Gasteiger partial charge on any atom is 0.356 e. The number of aromatic nitrogens is 3. The Balaban J connectivity index is 1.97. The van der Waals surface area contributed by atoms with Crippen molar-refractivity contribution in [2.24, 2.45) is 0 Å². The van der Waals surface area contributed by atoms with Crippen molar-refractivity contribution in [3.8, 4) is 0 Å². The SMILES string of the molecule is CCOP(=O)(COCCc1ccc2c(=O)[nH]c(N)nn12)OCC. The lowest BCUT2D eigenvalue weighted by molar-refractivity contribution is 0.133. The summed E-state index contributed by atoms with van der Waals surface area (Å²) < 4.78 is 29.4. The van der Waals surface area contributed by atoms with Crippen molar-refractivity contribution in [3.63, 3.8) is 0 Å². The van der Waals surface area contributed by atoms with Gasteiger partial charge in [-0.2, -0.15) is 0 Å². The van der Waals surface area contributed by atoms with Gasteiger partial charge in [-0.05, 0) is 26.0 Å². The topological polar surface area (TPSA) is 121 Å². The molecular formula is C13H21N4O5P. The summed E-state index contributed by atoms with van der Waals surface area (Å²) in [7, 11) is -3.21. The number of hydrogen-bond acceptors (Lipinski definition) is 7. The Labute approximate surface area is 133 Å². The van der Waals surface area contributed by atoms with Crippen molar-refractivity contribution >= 4 is 19.1 Å². The fraction of sp³-hybridized carbons (Fsp3) is 0.538. The van der Waals surface area contributed by atoms with Crippen molar-refractivity contribution in [2.45, 2.75) is 20.3 Å². The predicted octanol–water partition coefficient (Wildman–Crippen LogP) is 1.39. The number of hydrogen-bond donors (Lipinski definition) is 2. The lowest BCUT2D eigenvalue weighted by atomic mass is 10.3. The zero-order valence-corrected chi connectivity index (χ0v) is 14.0. The number of ether oxygens (including phenoxy) is 1. The van der Waals surface area contributed by atoms with Crippen LogP contribution in [0.3, 0.4) is 0 Å². The zero-order chi connectivity index (χ0) is 16.9. The summed E-state index contributed by atoms with van der Waals surface area (Å²) in [5, 5.41) is 4.06. The number of nitrogens with zero attached hydrogens (tertiary/aromatic N) is 2. The third-order valence-corrected chi connectivity index (χ3v) is 4.82. The van der Waals surface area contributed by atoms with Gasteiger partial charge in [-0.15, -0.1) is 5.10 Å². The number of nitrogens with one attached hydrogen (secondary N) is 1. The first-order chi connectivity index (χ1) is 11.0. The average Bonchev–Trinajstić information content (AvgIpc) is 2.87. The molecule has 0 fully saturated rings. The van der Waals surface area contributed by atoms with Gasteiger partial charge in [0.1, 0.15) is 11.9 Å². The highest BCUT2D eigenvalue weighted by molar-refractivity contribution is 7.53. The summed E-state index contributed by atoms with van der Waals surface area (Å²) in [5.74, 6) is 0.0399. The molecule has 0 unspecified atom stereocenters. The molecule has 0 saturated carbocycles. The smallest absolute Gasteiger partial charge is 0.356 e. The third kappa shape index (κ3) is 4.42. The number of anilines is 1. The van der Waals surface area contributed by atoms with Crippen molar-refractivity contribution in [3.05, 3.63) is 28.2 Å². The van der Waals surface area contributed by atoms with Crippen LogP contribution in [-0.4, -0.2) is 40.8 Å². The minimum absolute atomic E-state index is 0.0399. The standard InChI is InChI=1S/C13H21N4O5P/c1-3-21-23(19,22-4-2)9-20-8-7-10-5-6-11-12(18)15-13(14)16-17(10)11/h5-6H,3-4,7-9H2,1-2H3,(H3,14,15,16,18). The van der Waals surface area contributed by atoms with E-state index in [-0.39, 0.29) is 37.7 Å². The van der Waals surface area contributed by atoms with Crippen LogP contribution in [-0.2, 0) is 24.8 Å². The molecule has 0 bridgehead atoms. The monoisotopic (exact) mass is 344 g/mol. The van der Waals surface area contributed by atoms with E-state index in [9.17, 15) is 9.36 Å². The van der Waals surface area contributed by atoms with E-state index in [0.717, 1.165) is 5.69 Å². The highest BCUT2D eigenvalue weighted by Gasteiger charge is 2.23. The maximum absolute atomic E-state index is 12.2.